The first-order chi connectivity index (χ1) is 9.23. The topological polar surface area (TPSA) is 77.2 Å². The maximum atomic E-state index is 11.7. The van der Waals surface area contributed by atoms with Crippen LogP contribution in [0.4, 0.5) is 4.79 Å². The molecule has 0 fully saturated rings. The second kappa shape index (κ2) is 7.11. The number of rotatable bonds is 4. The Morgan fingerprint density at radius 1 is 1.40 bits per heavy atom. The van der Waals surface area contributed by atoms with Crippen LogP contribution in [0.15, 0.2) is 12.4 Å². The normalized spacial score (nSPS) is 12.9. The number of alkyl carbamates (subject to hydrolysis) is 1. The highest BCUT2D eigenvalue weighted by molar-refractivity contribution is 6.35. The second-order valence-corrected chi connectivity index (χ2v) is 6.18. The average molecular weight is 320 g/mol. The van der Waals surface area contributed by atoms with E-state index in [1.165, 1.54) is 12.4 Å². The fraction of sp³-hybridized carbons (Fsp3) is 0.538. The molecule has 3 N–H and O–H groups in total. The van der Waals surface area contributed by atoms with Gasteiger partial charge < -0.3 is 15.8 Å². The van der Waals surface area contributed by atoms with Gasteiger partial charge in [-0.3, -0.25) is 4.98 Å². The lowest BCUT2D eigenvalue weighted by molar-refractivity contribution is 0.0506. The lowest BCUT2D eigenvalue weighted by Gasteiger charge is -2.23. The number of hydrogen-bond acceptors (Lipinski definition) is 4. The number of hydrogen-bond donors (Lipinski definition) is 2. The Morgan fingerprint density at radius 2 is 1.95 bits per heavy atom. The Morgan fingerprint density at radius 3 is 2.40 bits per heavy atom. The minimum Gasteiger partial charge on any atom is -0.444 e. The predicted molar refractivity (Wildman–Crippen MR) is 80.2 cm³/mol. The molecule has 0 bridgehead atoms. The number of nitrogens with one attached hydrogen (secondary N) is 1. The van der Waals surface area contributed by atoms with Crippen molar-refractivity contribution in [3.05, 3.63) is 28.0 Å². The van der Waals surface area contributed by atoms with Crippen LogP contribution in [0.1, 0.15) is 26.3 Å². The predicted octanol–water partition coefficient (Wildman–Crippen LogP) is 2.78. The van der Waals surface area contributed by atoms with Crippen molar-refractivity contribution >= 4 is 29.3 Å². The molecule has 0 saturated heterocycles. The van der Waals surface area contributed by atoms with Gasteiger partial charge in [0.15, 0.2) is 0 Å². The molecular weight excluding hydrogens is 301 g/mol. The maximum Gasteiger partial charge on any atom is 0.407 e. The molecule has 1 unspecified atom stereocenters. The van der Waals surface area contributed by atoms with E-state index in [0.29, 0.717) is 22.0 Å². The summed E-state index contributed by atoms with van der Waals surface area (Å²) < 4.78 is 5.18. The lowest BCUT2D eigenvalue weighted by atomic mass is 10.1. The van der Waals surface area contributed by atoms with Crippen molar-refractivity contribution in [1.29, 1.82) is 0 Å². The lowest BCUT2D eigenvalue weighted by Crippen LogP contribution is -2.44. The van der Waals surface area contributed by atoms with Crippen LogP contribution >= 0.6 is 23.2 Å². The molecule has 0 aliphatic rings. The third-order valence-electron chi connectivity index (χ3n) is 2.41. The molecule has 112 valence electrons. The molecule has 1 atom stereocenters. The van der Waals surface area contributed by atoms with E-state index in [0.717, 1.165) is 0 Å². The van der Waals surface area contributed by atoms with Crippen molar-refractivity contribution in [2.45, 2.75) is 38.8 Å². The molecule has 5 nitrogen and oxygen atoms in total. The van der Waals surface area contributed by atoms with Gasteiger partial charge in [0.25, 0.3) is 0 Å². The van der Waals surface area contributed by atoms with E-state index in [-0.39, 0.29) is 12.6 Å². The summed E-state index contributed by atoms with van der Waals surface area (Å²) in [7, 11) is 0. The number of halogens is 2. The van der Waals surface area contributed by atoms with Crippen LogP contribution in [-0.4, -0.2) is 29.3 Å². The third-order valence-corrected chi connectivity index (χ3v) is 3.06. The van der Waals surface area contributed by atoms with Crippen molar-refractivity contribution in [2.24, 2.45) is 5.73 Å². The minimum atomic E-state index is -0.560. The molecule has 1 rings (SSSR count). The smallest absolute Gasteiger partial charge is 0.407 e. The highest BCUT2D eigenvalue weighted by atomic mass is 35.5. The number of ether oxygens (including phenoxy) is 1. The molecule has 0 aliphatic heterocycles. The van der Waals surface area contributed by atoms with E-state index in [1.54, 1.807) is 20.8 Å². The first-order valence-corrected chi connectivity index (χ1v) is 6.96. The van der Waals surface area contributed by atoms with Gasteiger partial charge in [0, 0.05) is 25.0 Å². The molecular formula is C13H19Cl2N3O2. The molecule has 0 radical (unpaired) electrons. The molecule has 0 spiro atoms. The monoisotopic (exact) mass is 319 g/mol. The highest BCUT2D eigenvalue weighted by Crippen LogP contribution is 2.24. The summed E-state index contributed by atoms with van der Waals surface area (Å²) in [5.74, 6) is 0. The Kier molecular flexibility index (Phi) is 6.05. The molecule has 0 saturated carbocycles. The SMILES string of the molecule is CC(C)(C)OC(=O)NC(CN)Cc1c(Cl)cncc1Cl. The number of carbonyl (C=O) groups excluding carboxylic acids is 1. The number of amides is 1. The van der Waals surface area contributed by atoms with Crippen LogP contribution in [0.25, 0.3) is 0 Å². The van der Waals surface area contributed by atoms with Gasteiger partial charge in [0.1, 0.15) is 5.60 Å². The second-order valence-electron chi connectivity index (χ2n) is 5.36. The molecule has 20 heavy (non-hydrogen) atoms. The summed E-state index contributed by atoms with van der Waals surface area (Å²) in [6, 6.07) is -0.317. The Bertz CT molecular complexity index is 455. The summed E-state index contributed by atoms with van der Waals surface area (Å²) in [5.41, 5.74) is 5.80. The standard InChI is InChI=1S/C13H19Cl2N3O2/c1-13(2,3)20-12(19)18-8(5-16)4-9-10(14)6-17-7-11(9)15/h6-8H,4-5,16H2,1-3H3,(H,18,19). The number of nitrogens with two attached hydrogens (primary N) is 1. The summed E-state index contributed by atoms with van der Waals surface area (Å²) in [4.78, 5) is 15.6. The number of carbonyl (C=O) groups is 1. The van der Waals surface area contributed by atoms with Gasteiger partial charge in [-0.25, -0.2) is 4.79 Å². The fourth-order valence-electron chi connectivity index (χ4n) is 1.55. The molecule has 1 amide bonds. The van der Waals surface area contributed by atoms with Crippen LogP contribution in [0, 0.1) is 0 Å². The Labute approximate surface area is 128 Å². The van der Waals surface area contributed by atoms with Gasteiger partial charge >= 0.3 is 6.09 Å². The average Bonchev–Trinajstić information content (AvgIpc) is 2.30. The van der Waals surface area contributed by atoms with Gasteiger partial charge in [0.05, 0.1) is 10.0 Å². The third kappa shape index (κ3) is 5.53. The molecule has 1 heterocycles. The maximum absolute atomic E-state index is 11.7. The summed E-state index contributed by atoms with van der Waals surface area (Å²) in [6.07, 6.45) is 2.90. The summed E-state index contributed by atoms with van der Waals surface area (Å²) >= 11 is 12.1. The van der Waals surface area contributed by atoms with Crippen molar-refractivity contribution in [2.75, 3.05) is 6.54 Å². The summed E-state index contributed by atoms with van der Waals surface area (Å²) in [6.45, 7) is 5.62. The molecule has 1 aromatic heterocycles. The fourth-order valence-corrected chi connectivity index (χ4v) is 2.07. The van der Waals surface area contributed by atoms with Gasteiger partial charge in [0.2, 0.25) is 0 Å². The number of aromatic nitrogens is 1. The van der Waals surface area contributed by atoms with Crippen molar-refractivity contribution in [1.82, 2.24) is 10.3 Å². The van der Waals surface area contributed by atoms with E-state index in [2.05, 4.69) is 10.3 Å². The van der Waals surface area contributed by atoms with Crippen molar-refractivity contribution in [3.63, 3.8) is 0 Å². The van der Waals surface area contributed by atoms with Crippen LogP contribution < -0.4 is 11.1 Å². The zero-order valence-corrected chi connectivity index (χ0v) is 13.3. The van der Waals surface area contributed by atoms with Gasteiger partial charge in [-0.1, -0.05) is 23.2 Å². The van der Waals surface area contributed by atoms with E-state index in [1.807, 2.05) is 0 Å². The zero-order valence-electron chi connectivity index (χ0n) is 11.7. The van der Waals surface area contributed by atoms with E-state index >= 15 is 0 Å². The minimum absolute atomic E-state index is 0.244. The summed E-state index contributed by atoms with van der Waals surface area (Å²) in [5, 5.41) is 3.59. The van der Waals surface area contributed by atoms with Gasteiger partial charge in [-0.05, 0) is 32.8 Å². The molecule has 7 heteroatoms. The van der Waals surface area contributed by atoms with Crippen LogP contribution in [0.5, 0.6) is 0 Å². The van der Waals surface area contributed by atoms with Crippen molar-refractivity contribution in [3.8, 4) is 0 Å². The first kappa shape index (κ1) is 17.0. The van der Waals surface area contributed by atoms with E-state index in [4.69, 9.17) is 33.7 Å². The largest absolute Gasteiger partial charge is 0.444 e. The van der Waals surface area contributed by atoms with Crippen LogP contribution in [0.2, 0.25) is 10.0 Å². The van der Waals surface area contributed by atoms with Crippen LogP contribution in [-0.2, 0) is 11.2 Å². The van der Waals surface area contributed by atoms with Crippen molar-refractivity contribution < 1.29 is 9.53 Å². The van der Waals surface area contributed by atoms with Crippen LogP contribution in [0.3, 0.4) is 0 Å². The number of nitrogens with zero attached hydrogens (tertiary/aromatic N) is 1. The molecule has 1 aromatic rings. The van der Waals surface area contributed by atoms with Gasteiger partial charge in [-0.15, -0.1) is 0 Å². The zero-order chi connectivity index (χ0) is 15.3. The highest BCUT2D eigenvalue weighted by Gasteiger charge is 2.20. The van der Waals surface area contributed by atoms with E-state index in [9.17, 15) is 4.79 Å². The molecule has 0 aromatic carbocycles. The Balaban J connectivity index is 2.71. The number of pyridine rings is 1. The van der Waals surface area contributed by atoms with E-state index < -0.39 is 11.7 Å². The van der Waals surface area contributed by atoms with Gasteiger partial charge in [-0.2, -0.15) is 0 Å². The molecule has 0 aliphatic carbocycles. The first-order valence-electron chi connectivity index (χ1n) is 6.20. The Hall–Kier alpha value is -1.04. The quantitative estimate of drug-likeness (QED) is 0.894.